The molecule has 0 unspecified atom stereocenters. The minimum atomic E-state index is -0.536. The number of fused-ring (bicyclic) bond motifs is 1. The van der Waals surface area contributed by atoms with Crippen LogP contribution in [0.25, 0.3) is 21.4 Å². The van der Waals surface area contributed by atoms with Crippen LogP contribution in [-0.2, 0) is 0 Å². The summed E-state index contributed by atoms with van der Waals surface area (Å²) in [6, 6.07) is 8.26. The summed E-state index contributed by atoms with van der Waals surface area (Å²) in [6.07, 6.45) is 0. The zero-order chi connectivity index (χ0) is 12.7. The van der Waals surface area contributed by atoms with E-state index in [2.05, 4.69) is 0 Å². The lowest BCUT2D eigenvalue weighted by molar-refractivity contribution is 0.398. The fraction of sp³-hybridized carbons (Fsp3) is 0. The van der Waals surface area contributed by atoms with E-state index in [9.17, 15) is 15.0 Å². The van der Waals surface area contributed by atoms with Crippen molar-refractivity contribution in [3.8, 4) is 21.9 Å². The topological polar surface area (TPSA) is 70.7 Å². The average molecular weight is 260 g/mol. The third-order valence-corrected chi connectivity index (χ3v) is 3.54. The SMILES string of the molecule is O=c1oc2c(O)c(O)ccc2cc1-c1cccs1. The van der Waals surface area contributed by atoms with Crippen LogP contribution < -0.4 is 5.63 Å². The van der Waals surface area contributed by atoms with Crippen molar-refractivity contribution in [3.63, 3.8) is 0 Å². The number of aromatic hydroxyl groups is 2. The Morgan fingerprint density at radius 3 is 2.72 bits per heavy atom. The van der Waals surface area contributed by atoms with Crippen molar-refractivity contribution in [2.75, 3.05) is 0 Å². The first-order chi connectivity index (χ1) is 8.66. The lowest BCUT2D eigenvalue weighted by atomic mass is 10.1. The number of phenolic OH excluding ortho intramolecular Hbond substituents is 2. The molecular formula is C13H8O4S. The molecule has 1 aromatic carbocycles. The van der Waals surface area contributed by atoms with Gasteiger partial charge in [-0.3, -0.25) is 0 Å². The highest BCUT2D eigenvalue weighted by Crippen LogP contribution is 2.34. The number of hydrogen-bond acceptors (Lipinski definition) is 5. The minimum absolute atomic E-state index is 0.000283. The third kappa shape index (κ3) is 1.56. The van der Waals surface area contributed by atoms with Crippen LogP contribution in [0.1, 0.15) is 0 Å². The van der Waals surface area contributed by atoms with Crippen LogP contribution in [0.4, 0.5) is 0 Å². The lowest BCUT2D eigenvalue weighted by Crippen LogP contribution is -2.01. The maximum absolute atomic E-state index is 11.8. The zero-order valence-electron chi connectivity index (χ0n) is 9.08. The summed E-state index contributed by atoms with van der Waals surface area (Å²) in [7, 11) is 0. The molecule has 0 saturated heterocycles. The number of rotatable bonds is 1. The van der Waals surface area contributed by atoms with Crippen molar-refractivity contribution < 1.29 is 14.6 Å². The van der Waals surface area contributed by atoms with Gasteiger partial charge >= 0.3 is 5.63 Å². The van der Waals surface area contributed by atoms with Crippen molar-refractivity contribution in [3.05, 3.63) is 46.1 Å². The highest BCUT2D eigenvalue weighted by Gasteiger charge is 2.13. The molecule has 0 amide bonds. The molecule has 0 radical (unpaired) electrons. The molecule has 90 valence electrons. The van der Waals surface area contributed by atoms with Gasteiger partial charge in [0, 0.05) is 10.3 Å². The molecule has 3 rings (SSSR count). The average Bonchev–Trinajstić information content (AvgIpc) is 2.88. The Morgan fingerprint density at radius 2 is 2.00 bits per heavy atom. The molecule has 2 aromatic heterocycles. The molecule has 0 aliphatic rings. The highest BCUT2D eigenvalue weighted by atomic mass is 32.1. The summed E-state index contributed by atoms with van der Waals surface area (Å²) in [5, 5.41) is 21.4. The van der Waals surface area contributed by atoms with E-state index in [1.807, 2.05) is 17.5 Å². The second-order valence-corrected chi connectivity index (χ2v) is 4.72. The predicted molar refractivity (Wildman–Crippen MR) is 69.1 cm³/mol. The summed E-state index contributed by atoms with van der Waals surface area (Å²) in [5.74, 6) is -0.725. The molecule has 0 atom stereocenters. The molecule has 0 saturated carbocycles. The summed E-state index contributed by atoms with van der Waals surface area (Å²) in [5.41, 5.74) is -0.0891. The second kappa shape index (κ2) is 3.89. The van der Waals surface area contributed by atoms with Gasteiger partial charge in [0.15, 0.2) is 11.3 Å². The van der Waals surface area contributed by atoms with Gasteiger partial charge in [-0.15, -0.1) is 11.3 Å². The maximum atomic E-state index is 11.8. The van der Waals surface area contributed by atoms with Crippen LogP contribution in [0.3, 0.4) is 0 Å². The van der Waals surface area contributed by atoms with E-state index in [4.69, 9.17) is 4.42 Å². The number of phenols is 2. The van der Waals surface area contributed by atoms with Gasteiger partial charge in [0.05, 0.1) is 5.56 Å². The summed E-state index contributed by atoms with van der Waals surface area (Å²) in [6.45, 7) is 0. The van der Waals surface area contributed by atoms with Gasteiger partial charge in [-0.2, -0.15) is 0 Å². The van der Waals surface area contributed by atoms with Crippen LogP contribution in [0.5, 0.6) is 11.5 Å². The Morgan fingerprint density at radius 1 is 1.17 bits per heavy atom. The summed E-state index contributed by atoms with van der Waals surface area (Å²) in [4.78, 5) is 12.6. The molecule has 2 heterocycles. The van der Waals surface area contributed by atoms with Gasteiger partial charge in [-0.1, -0.05) is 6.07 Å². The Hall–Kier alpha value is -2.27. The van der Waals surface area contributed by atoms with E-state index in [0.29, 0.717) is 10.9 Å². The summed E-state index contributed by atoms with van der Waals surface area (Å²) >= 11 is 1.43. The third-order valence-electron chi connectivity index (χ3n) is 2.64. The van der Waals surface area contributed by atoms with Crippen LogP contribution in [0.2, 0.25) is 0 Å². The highest BCUT2D eigenvalue weighted by molar-refractivity contribution is 7.13. The quantitative estimate of drug-likeness (QED) is 0.521. The smallest absolute Gasteiger partial charge is 0.345 e. The largest absolute Gasteiger partial charge is 0.504 e. The summed E-state index contributed by atoms with van der Waals surface area (Å²) < 4.78 is 5.07. The molecule has 4 nitrogen and oxygen atoms in total. The van der Waals surface area contributed by atoms with Gasteiger partial charge in [-0.05, 0) is 29.6 Å². The maximum Gasteiger partial charge on any atom is 0.345 e. The molecule has 2 N–H and O–H groups in total. The van der Waals surface area contributed by atoms with E-state index >= 15 is 0 Å². The van der Waals surface area contributed by atoms with Crippen molar-refractivity contribution in [1.82, 2.24) is 0 Å². The van der Waals surface area contributed by atoms with Crippen LogP contribution in [0.15, 0.2) is 44.9 Å². The number of hydrogen-bond donors (Lipinski definition) is 2. The molecule has 3 aromatic rings. The molecular weight excluding hydrogens is 252 g/mol. The Kier molecular flexibility index (Phi) is 2.34. The Labute approximate surface area is 105 Å². The molecule has 0 aliphatic heterocycles. The van der Waals surface area contributed by atoms with E-state index in [-0.39, 0.29) is 11.3 Å². The fourth-order valence-electron chi connectivity index (χ4n) is 1.76. The molecule has 0 aliphatic carbocycles. The van der Waals surface area contributed by atoms with Crippen LogP contribution >= 0.6 is 11.3 Å². The van der Waals surface area contributed by atoms with Gasteiger partial charge in [0.2, 0.25) is 5.75 Å². The first kappa shape index (κ1) is 10.9. The number of thiophene rings is 1. The lowest BCUT2D eigenvalue weighted by Gasteiger charge is -2.03. The number of benzene rings is 1. The first-order valence-electron chi connectivity index (χ1n) is 5.19. The Bertz CT molecular complexity index is 772. The molecule has 5 heteroatoms. The van der Waals surface area contributed by atoms with E-state index in [0.717, 1.165) is 4.88 Å². The fourth-order valence-corrected chi connectivity index (χ4v) is 2.49. The second-order valence-electron chi connectivity index (χ2n) is 3.78. The standard InChI is InChI=1S/C13H8O4S/c14-9-4-3-7-6-8(10-2-1-5-18-10)13(16)17-12(7)11(9)15/h1-6,14-15H. The first-order valence-corrected chi connectivity index (χ1v) is 6.07. The van der Waals surface area contributed by atoms with Crippen molar-refractivity contribution >= 4 is 22.3 Å². The predicted octanol–water partition coefficient (Wildman–Crippen LogP) is 2.93. The van der Waals surface area contributed by atoms with Gasteiger partial charge in [0.25, 0.3) is 0 Å². The molecule has 18 heavy (non-hydrogen) atoms. The normalized spacial score (nSPS) is 10.9. The van der Waals surface area contributed by atoms with Gasteiger partial charge < -0.3 is 14.6 Å². The Balaban J connectivity index is 2.36. The van der Waals surface area contributed by atoms with E-state index in [1.54, 1.807) is 12.1 Å². The van der Waals surface area contributed by atoms with Gasteiger partial charge in [-0.25, -0.2) is 4.79 Å². The van der Waals surface area contributed by atoms with Crippen molar-refractivity contribution in [1.29, 1.82) is 0 Å². The minimum Gasteiger partial charge on any atom is -0.504 e. The molecule has 0 bridgehead atoms. The van der Waals surface area contributed by atoms with E-state index < -0.39 is 11.4 Å². The van der Waals surface area contributed by atoms with Crippen molar-refractivity contribution in [2.45, 2.75) is 0 Å². The van der Waals surface area contributed by atoms with Crippen LogP contribution in [-0.4, -0.2) is 10.2 Å². The van der Waals surface area contributed by atoms with Crippen molar-refractivity contribution in [2.24, 2.45) is 0 Å². The molecule has 0 fully saturated rings. The van der Waals surface area contributed by atoms with Gasteiger partial charge in [0.1, 0.15) is 0 Å². The monoisotopic (exact) mass is 260 g/mol. The molecule has 0 spiro atoms. The van der Waals surface area contributed by atoms with E-state index in [1.165, 1.54) is 17.4 Å². The zero-order valence-corrected chi connectivity index (χ0v) is 9.90. The van der Waals surface area contributed by atoms with Crippen LogP contribution in [0, 0.1) is 0 Å².